The topological polar surface area (TPSA) is 74.6 Å². The molecule has 0 spiro atoms. The monoisotopic (exact) mass is 476 g/mol. The van der Waals surface area contributed by atoms with Gasteiger partial charge in [0.05, 0.1) is 5.69 Å². The Kier molecular flexibility index (Phi) is 11.2. The van der Waals surface area contributed by atoms with E-state index in [2.05, 4.69) is 34.2 Å². The number of rotatable bonds is 8. The van der Waals surface area contributed by atoms with Gasteiger partial charge in [0.25, 0.3) is 0 Å². The summed E-state index contributed by atoms with van der Waals surface area (Å²) in [6.45, 7) is 11.5. The standard InChI is InChI=1S/C18H32N6O.HI/c1-13(2)11-20-18(21-12-17(25)23(5)6)19-10-8-9-16-14(3)22-24(7)15(16)4;/h1,8-12H2,2-7H3,(H2,19,20,21);1H. The van der Waals surface area contributed by atoms with Crippen molar-refractivity contribution in [2.45, 2.75) is 33.6 Å². The first-order valence-electron chi connectivity index (χ1n) is 8.58. The largest absolute Gasteiger partial charge is 0.356 e. The average Bonchev–Trinajstić information content (AvgIpc) is 2.78. The predicted octanol–water partition coefficient (Wildman–Crippen LogP) is 1.79. The second kappa shape index (κ2) is 11.9. The molecule has 0 aromatic carbocycles. The molecule has 2 N–H and O–H groups in total. The van der Waals surface area contributed by atoms with Crippen LogP contribution in [0.3, 0.4) is 0 Å². The first-order valence-corrected chi connectivity index (χ1v) is 8.58. The van der Waals surface area contributed by atoms with Gasteiger partial charge in [0.1, 0.15) is 6.54 Å². The summed E-state index contributed by atoms with van der Waals surface area (Å²) in [5, 5.41) is 10.9. The van der Waals surface area contributed by atoms with E-state index >= 15 is 0 Å². The minimum atomic E-state index is -0.0296. The summed E-state index contributed by atoms with van der Waals surface area (Å²) in [7, 11) is 5.42. The molecule has 0 unspecified atom stereocenters. The van der Waals surface area contributed by atoms with Gasteiger partial charge in [0.2, 0.25) is 5.91 Å². The maximum absolute atomic E-state index is 11.7. The number of carbonyl (C=O) groups excluding carboxylic acids is 1. The Morgan fingerprint density at radius 2 is 1.96 bits per heavy atom. The molecule has 148 valence electrons. The fraction of sp³-hybridized carbons (Fsp3) is 0.611. The van der Waals surface area contributed by atoms with Crippen molar-refractivity contribution >= 4 is 35.8 Å². The van der Waals surface area contributed by atoms with Gasteiger partial charge in [0, 0.05) is 39.9 Å². The maximum atomic E-state index is 11.7. The van der Waals surface area contributed by atoms with Gasteiger partial charge in [0.15, 0.2) is 5.96 Å². The number of carbonyl (C=O) groups is 1. The fourth-order valence-electron chi connectivity index (χ4n) is 2.35. The Balaban J connectivity index is 0.00000625. The van der Waals surface area contributed by atoms with Crippen molar-refractivity contribution in [1.29, 1.82) is 0 Å². The number of amides is 1. The number of hydrogen-bond donors (Lipinski definition) is 2. The third kappa shape index (κ3) is 8.20. The minimum Gasteiger partial charge on any atom is -0.356 e. The number of aliphatic imine (C=N–C) groups is 1. The van der Waals surface area contributed by atoms with Crippen LogP contribution in [0.15, 0.2) is 17.1 Å². The average molecular weight is 476 g/mol. The van der Waals surface area contributed by atoms with Crippen LogP contribution in [0, 0.1) is 13.8 Å². The van der Waals surface area contributed by atoms with E-state index in [-0.39, 0.29) is 36.4 Å². The molecule has 1 amide bonds. The molecule has 1 aromatic rings. The van der Waals surface area contributed by atoms with E-state index < -0.39 is 0 Å². The molecule has 0 saturated heterocycles. The Hall–Kier alpha value is -1.58. The van der Waals surface area contributed by atoms with Crippen LogP contribution in [-0.4, -0.2) is 60.3 Å². The molecule has 1 heterocycles. The Morgan fingerprint density at radius 1 is 1.31 bits per heavy atom. The SMILES string of the molecule is C=C(C)CNC(=NCC(=O)N(C)C)NCCCc1c(C)nn(C)c1C.I. The molecule has 1 aromatic heterocycles. The van der Waals surface area contributed by atoms with Crippen molar-refractivity contribution in [2.24, 2.45) is 12.0 Å². The van der Waals surface area contributed by atoms with Crippen LogP contribution < -0.4 is 10.6 Å². The lowest BCUT2D eigenvalue weighted by Crippen LogP contribution is -2.39. The molecule has 8 heteroatoms. The smallest absolute Gasteiger partial charge is 0.243 e. The summed E-state index contributed by atoms with van der Waals surface area (Å²) in [5.74, 6) is 0.607. The highest BCUT2D eigenvalue weighted by Gasteiger charge is 2.09. The molecule has 0 aliphatic rings. The molecule has 0 bridgehead atoms. The van der Waals surface area contributed by atoms with Crippen molar-refractivity contribution in [1.82, 2.24) is 25.3 Å². The quantitative estimate of drug-likeness (QED) is 0.197. The van der Waals surface area contributed by atoms with E-state index in [1.807, 2.05) is 25.6 Å². The normalized spacial score (nSPS) is 10.9. The van der Waals surface area contributed by atoms with E-state index in [1.54, 1.807) is 14.1 Å². The molecular weight excluding hydrogens is 443 g/mol. The number of halogens is 1. The van der Waals surface area contributed by atoms with E-state index in [9.17, 15) is 4.79 Å². The fourth-order valence-corrected chi connectivity index (χ4v) is 2.35. The van der Waals surface area contributed by atoms with E-state index in [1.165, 1.54) is 16.2 Å². The van der Waals surface area contributed by atoms with Gasteiger partial charge in [-0.2, -0.15) is 5.10 Å². The Bertz CT molecular complexity index is 636. The summed E-state index contributed by atoms with van der Waals surface area (Å²) in [4.78, 5) is 17.6. The van der Waals surface area contributed by atoms with Crippen LogP contribution in [0.25, 0.3) is 0 Å². The lowest BCUT2D eigenvalue weighted by Gasteiger charge is -2.14. The second-order valence-corrected chi connectivity index (χ2v) is 6.57. The zero-order valence-electron chi connectivity index (χ0n) is 16.8. The highest BCUT2D eigenvalue weighted by atomic mass is 127. The van der Waals surface area contributed by atoms with Gasteiger partial charge in [-0.05, 0) is 39.2 Å². The highest BCUT2D eigenvalue weighted by Crippen LogP contribution is 2.13. The molecular formula is C18H33IN6O. The molecule has 0 aliphatic carbocycles. The molecule has 0 aliphatic heterocycles. The molecule has 0 fully saturated rings. The third-order valence-electron chi connectivity index (χ3n) is 3.98. The number of aryl methyl sites for hydroxylation is 2. The number of nitrogens with zero attached hydrogens (tertiary/aromatic N) is 4. The first-order chi connectivity index (χ1) is 11.7. The second-order valence-electron chi connectivity index (χ2n) is 6.57. The summed E-state index contributed by atoms with van der Waals surface area (Å²) >= 11 is 0. The Morgan fingerprint density at radius 3 is 2.46 bits per heavy atom. The number of guanidine groups is 1. The van der Waals surface area contributed by atoms with E-state index in [0.29, 0.717) is 12.5 Å². The summed E-state index contributed by atoms with van der Waals surface area (Å²) in [5.41, 5.74) is 4.62. The van der Waals surface area contributed by atoms with E-state index in [0.717, 1.165) is 30.7 Å². The number of likely N-dealkylation sites (N-methyl/N-ethyl adjacent to an activating group) is 1. The lowest BCUT2D eigenvalue weighted by atomic mass is 10.1. The first kappa shape index (κ1) is 24.4. The van der Waals surface area contributed by atoms with E-state index in [4.69, 9.17) is 0 Å². The summed E-state index contributed by atoms with van der Waals surface area (Å²) in [6, 6.07) is 0. The number of hydrogen-bond acceptors (Lipinski definition) is 3. The van der Waals surface area contributed by atoms with Gasteiger partial charge in [-0.25, -0.2) is 4.99 Å². The lowest BCUT2D eigenvalue weighted by molar-refractivity contribution is -0.127. The van der Waals surface area contributed by atoms with Crippen molar-refractivity contribution in [2.75, 3.05) is 33.7 Å². The molecule has 0 radical (unpaired) electrons. The molecule has 26 heavy (non-hydrogen) atoms. The van der Waals surface area contributed by atoms with Gasteiger partial charge >= 0.3 is 0 Å². The van der Waals surface area contributed by atoms with Crippen molar-refractivity contribution in [3.8, 4) is 0 Å². The third-order valence-corrected chi connectivity index (χ3v) is 3.98. The van der Waals surface area contributed by atoms with Crippen molar-refractivity contribution in [3.63, 3.8) is 0 Å². The van der Waals surface area contributed by atoms with Crippen LogP contribution in [0.2, 0.25) is 0 Å². The molecule has 0 atom stereocenters. The van der Waals surface area contributed by atoms with Crippen molar-refractivity contribution in [3.05, 3.63) is 29.1 Å². The van der Waals surface area contributed by atoms with Gasteiger partial charge in [-0.1, -0.05) is 12.2 Å². The summed E-state index contributed by atoms with van der Waals surface area (Å²) < 4.78 is 1.92. The maximum Gasteiger partial charge on any atom is 0.243 e. The predicted molar refractivity (Wildman–Crippen MR) is 118 cm³/mol. The van der Waals surface area contributed by atoms with Crippen LogP contribution in [0.1, 0.15) is 30.3 Å². The zero-order valence-corrected chi connectivity index (χ0v) is 19.2. The van der Waals surface area contributed by atoms with Crippen LogP contribution in [0.4, 0.5) is 0 Å². The van der Waals surface area contributed by atoms with Crippen molar-refractivity contribution < 1.29 is 4.79 Å². The summed E-state index contributed by atoms with van der Waals surface area (Å²) in [6.07, 6.45) is 1.92. The minimum absolute atomic E-state index is 0. The van der Waals surface area contributed by atoms with Gasteiger partial charge in [-0.15, -0.1) is 24.0 Å². The van der Waals surface area contributed by atoms with Crippen LogP contribution >= 0.6 is 24.0 Å². The van der Waals surface area contributed by atoms with Crippen LogP contribution in [-0.2, 0) is 18.3 Å². The van der Waals surface area contributed by atoms with Gasteiger partial charge in [-0.3, -0.25) is 9.48 Å². The molecule has 7 nitrogen and oxygen atoms in total. The van der Waals surface area contributed by atoms with Crippen LogP contribution in [0.5, 0.6) is 0 Å². The number of nitrogens with one attached hydrogen (secondary N) is 2. The molecule has 0 saturated carbocycles. The van der Waals surface area contributed by atoms with Gasteiger partial charge < -0.3 is 15.5 Å². The number of aromatic nitrogens is 2. The molecule has 1 rings (SSSR count). The Labute approximate surface area is 174 Å². The zero-order chi connectivity index (χ0) is 19.0. The highest BCUT2D eigenvalue weighted by molar-refractivity contribution is 14.0.